The van der Waals surface area contributed by atoms with E-state index in [0.29, 0.717) is 26.2 Å². The van der Waals surface area contributed by atoms with E-state index in [1.807, 2.05) is 6.07 Å². The van der Waals surface area contributed by atoms with Gasteiger partial charge in [-0.25, -0.2) is 0 Å². The third-order valence-electron chi connectivity index (χ3n) is 2.54. The average molecular weight is 412 g/mol. The highest BCUT2D eigenvalue weighted by atomic mass is 79.9. The first-order valence-corrected chi connectivity index (χ1v) is 7.54. The first kappa shape index (κ1) is 15.1. The molecular weight excluding hydrogens is 404 g/mol. The summed E-state index contributed by atoms with van der Waals surface area (Å²) in [6.45, 7) is 0. The van der Waals surface area contributed by atoms with Crippen molar-refractivity contribution < 1.29 is 4.79 Å². The third-order valence-corrected chi connectivity index (χ3v) is 4.01. The summed E-state index contributed by atoms with van der Waals surface area (Å²) in [5.74, 6) is -0.303. The van der Waals surface area contributed by atoms with Gasteiger partial charge in [-0.2, -0.15) is 5.26 Å². The first-order chi connectivity index (χ1) is 9.51. The van der Waals surface area contributed by atoms with Gasteiger partial charge >= 0.3 is 0 Å². The van der Waals surface area contributed by atoms with Gasteiger partial charge in [0.25, 0.3) is 5.91 Å². The number of amides is 1. The minimum atomic E-state index is -0.303. The highest BCUT2D eigenvalue weighted by Gasteiger charge is 2.13. The lowest BCUT2D eigenvalue weighted by atomic mass is 10.1. The molecule has 0 saturated heterocycles. The number of carbonyl (C=O) groups excluding carboxylic acids is 1. The van der Waals surface area contributed by atoms with Gasteiger partial charge in [0.1, 0.15) is 6.07 Å². The lowest BCUT2D eigenvalue weighted by Crippen LogP contribution is -2.13. The van der Waals surface area contributed by atoms with Crippen molar-refractivity contribution in [2.24, 2.45) is 0 Å². The van der Waals surface area contributed by atoms with E-state index in [9.17, 15) is 4.79 Å². The minimum Gasteiger partial charge on any atom is -0.321 e. The van der Waals surface area contributed by atoms with E-state index in [-0.39, 0.29) is 5.91 Å². The summed E-state index contributed by atoms with van der Waals surface area (Å²) < 4.78 is 1.45. The molecule has 20 heavy (non-hydrogen) atoms. The quantitative estimate of drug-likeness (QED) is 0.708. The van der Waals surface area contributed by atoms with E-state index < -0.39 is 0 Å². The van der Waals surface area contributed by atoms with Crippen molar-refractivity contribution in [1.29, 1.82) is 5.26 Å². The van der Waals surface area contributed by atoms with Crippen LogP contribution in [0, 0.1) is 11.3 Å². The molecule has 0 aliphatic heterocycles. The van der Waals surface area contributed by atoms with E-state index in [2.05, 4.69) is 49.8 Å². The van der Waals surface area contributed by atoms with Gasteiger partial charge in [-0.15, -0.1) is 12.6 Å². The zero-order valence-corrected chi connectivity index (χ0v) is 14.1. The summed E-state index contributed by atoms with van der Waals surface area (Å²) in [5, 5.41) is 11.8. The van der Waals surface area contributed by atoms with Gasteiger partial charge < -0.3 is 5.32 Å². The molecule has 0 atom stereocenters. The fraction of sp³-hybridized carbons (Fsp3) is 0. The molecule has 0 aromatic heterocycles. The number of hydrogen-bond acceptors (Lipinski definition) is 3. The van der Waals surface area contributed by atoms with Gasteiger partial charge in [-0.05, 0) is 52.3 Å². The van der Waals surface area contributed by atoms with Crippen LogP contribution in [0.4, 0.5) is 5.69 Å². The molecule has 0 saturated carbocycles. The Bertz CT molecular complexity index is 726. The molecule has 0 aliphatic rings. The summed E-state index contributed by atoms with van der Waals surface area (Å²) in [5.41, 5.74) is 1.32. The van der Waals surface area contributed by atoms with Crippen LogP contribution in [-0.2, 0) is 0 Å². The molecule has 3 nitrogen and oxygen atoms in total. The lowest BCUT2D eigenvalue weighted by Gasteiger charge is -2.09. The summed E-state index contributed by atoms with van der Waals surface area (Å²) in [6.07, 6.45) is 0. The van der Waals surface area contributed by atoms with Crippen molar-refractivity contribution in [3.8, 4) is 6.07 Å². The van der Waals surface area contributed by atoms with Gasteiger partial charge in [0, 0.05) is 13.8 Å². The average Bonchev–Trinajstić information content (AvgIpc) is 2.41. The van der Waals surface area contributed by atoms with Crippen molar-refractivity contribution in [3.63, 3.8) is 0 Å². The Hall–Kier alpha value is -1.29. The fourth-order valence-corrected chi connectivity index (χ4v) is 2.59. The van der Waals surface area contributed by atoms with E-state index in [0.717, 1.165) is 4.47 Å². The SMILES string of the molecule is N#Cc1ccc(Br)cc1NC(=O)c1cc(S)ccc1Br. The summed E-state index contributed by atoms with van der Waals surface area (Å²) in [6, 6.07) is 12.3. The molecular formula is C14H8Br2N2OS. The van der Waals surface area contributed by atoms with Crippen LogP contribution in [0.1, 0.15) is 15.9 Å². The Morgan fingerprint density at radius 3 is 2.65 bits per heavy atom. The Labute approximate surface area is 138 Å². The second-order valence-electron chi connectivity index (χ2n) is 3.92. The summed E-state index contributed by atoms with van der Waals surface area (Å²) in [4.78, 5) is 13.0. The molecule has 6 heteroatoms. The maximum Gasteiger partial charge on any atom is 0.256 e. The van der Waals surface area contributed by atoms with Crippen molar-refractivity contribution >= 4 is 56.1 Å². The standard InChI is InChI=1S/C14H8Br2N2OS/c15-9-2-1-8(7-17)13(5-9)18-14(19)11-6-10(20)3-4-12(11)16/h1-6,20H,(H,18,19). The highest BCUT2D eigenvalue weighted by Crippen LogP contribution is 2.24. The number of hydrogen-bond donors (Lipinski definition) is 2. The monoisotopic (exact) mass is 410 g/mol. The number of nitriles is 1. The molecule has 0 fully saturated rings. The van der Waals surface area contributed by atoms with Crippen LogP contribution in [0.15, 0.2) is 50.2 Å². The van der Waals surface area contributed by atoms with Crippen LogP contribution in [0.3, 0.4) is 0 Å². The zero-order valence-electron chi connectivity index (χ0n) is 10.0. The Balaban J connectivity index is 2.35. The molecule has 1 N–H and O–H groups in total. The van der Waals surface area contributed by atoms with Crippen LogP contribution in [0.2, 0.25) is 0 Å². The fourth-order valence-electron chi connectivity index (χ4n) is 1.59. The van der Waals surface area contributed by atoms with Crippen LogP contribution < -0.4 is 5.32 Å². The predicted octanol–water partition coefficient (Wildman–Crippen LogP) is 4.62. The Kier molecular flexibility index (Phi) is 4.86. The van der Waals surface area contributed by atoms with Crippen molar-refractivity contribution in [2.75, 3.05) is 5.32 Å². The number of anilines is 1. The second-order valence-corrected chi connectivity index (χ2v) is 6.21. The van der Waals surface area contributed by atoms with Crippen LogP contribution in [0.5, 0.6) is 0 Å². The molecule has 2 rings (SSSR count). The molecule has 0 radical (unpaired) electrons. The maximum atomic E-state index is 12.3. The Morgan fingerprint density at radius 1 is 1.20 bits per heavy atom. The topological polar surface area (TPSA) is 52.9 Å². The van der Waals surface area contributed by atoms with Crippen LogP contribution in [0.25, 0.3) is 0 Å². The number of rotatable bonds is 2. The van der Waals surface area contributed by atoms with E-state index in [1.165, 1.54) is 0 Å². The highest BCUT2D eigenvalue weighted by molar-refractivity contribution is 9.10. The van der Waals surface area contributed by atoms with Crippen molar-refractivity contribution in [2.45, 2.75) is 4.90 Å². The van der Waals surface area contributed by atoms with Crippen LogP contribution in [-0.4, -0.2) is 5.91 Å². The molecule has 100 valence electrons. The molecule has 0 spiro atoms. The molecule has 2 aromatic rings. The molecule has 0 unspecified atom stereocenters. The molecule has 0 aliphatic carbocycles. The summed E-state index contributed by atoms with van der Waals surface area (Å²) >= 11 is 10.9. The Morgan fingerprint density at radius 2 is 1.95 bits per heavy atom. The number of nitrogens with one attached hydrogen (secondary N) is 1. The second kappa shape index (κ2) is 6.44. The van der Waals surface area contributed by atoms with E-state index >= 15 is 0 Å². The van der Waals surface area contributed by atoms with Gasteiger partial charge in [-0.1, -0.05) is 15.9 Å². The largest absolute Gasteiger partial charge is 0.321 e. The van der Waals surface area contributed by atoms with Gasteiger partial charge in [0.05, 0.1) is 16.8 Å². The first-order valence-electron chi connectivity index (χ1n) is 5.51. The third kappa shape index (κ3) is 3.42. The summed E-state index contributed by atoms with van der Waals surface area (Å²) in [7, 11) is 0. The number of nitrogens with zero attached hydrogens (tertiary/aromatic N) is 1. The number of thiol groups is 1. The van der Waals surface area contributed by atoms with Gasteiger partial charge in [0.2, 0.25) is 0 Å². The van der Waals surface area contributed by atoms with Crippen molar-refractivity contribution in [3.05, 3.63) is 56.5 Å². The lowest BCUT2D eigenvalue weighted by molar-refractivity contribution is 0.102. The molecule has 0 heterocycles. The van der Waals surface area contributed by atoms with E-state index in [1.54, 1.807) is 36.4 Å². The molecule has 0 bridgehead atoms. The number of carbonyl (C=O) groups is 1. The predicted molar refractivity (Wildman–Crippen MR) is 88.2 cm³/mol. The van der Waals surface area contributed by atoms with Crippen LogP contribution >= 0.6 is 44.5 Å². The van der Waals surface area contributed by atoms with Crippen molar-refractivity contribution in [1.82, 2.24) is 0 Å². The minimum absolute atomic E-state index is 0.303. The normalized spacial score (nSPS) is 9.90. The maximum absolute atomic E-state index is 12.3. The molecule has 2 aromatic carbocycles. The molecule has 1 amide bonds. The number of halogens is 2. The van der Waals surface area contributed by atoms with Gasteiger partial charge in [0.15, 0.2) is 0 Å². The van der Waals surface area contributed by atoms with Gasteiger partial charge in [-0.3, -0.25) is 4.79 Å². The zero-order chi connectivity index (χ0) is 14.7. The van der Waals surface area contributed by atoms with E-state index in [4.69, 9.17) is 5.26 Å². The smallest absolute Gasteiger partial charge is 0.256 e. The number of benzene rings is 2.